The van der Waals surface area contributed by atoms with Gasteiger partial charge in [0, 0.05) is 12.5 Å². The molecule has 0 aromatic heterocycles. The Morgan fingerprint density at radius 1 is 1.41 bits per heavy atom. The highest BCUT2D eigenvalue weighted by molar-refractivity contribution is 5.66. The molecule has 0 spiro atoms. The summed E-state index contributed by atoms with van der Waals surface area (Å²) in [6.45, 7) is 6.74. The van der Waals surface area contributed by atoms with Crippen molar-refractivity contribution >= 4 is 5.97 Å². The second-order valence-corrected chi connectivity index (χ2v) is 5.40. The zero-order chi connectivity index (χ0) is 12.7. The van der Waals surface area contributed by atoms with Gasteiger partial charge < -0.3 is 10.0 Å². The van der Waals surface area contributed by atoms with Gasteiger partial charge in [-0.05, 0) is 45.2 Å². The van der Waals surface area contributed by atoms with Crippen LogP contribution in [0.1, 0.15) is 58.8 Å². The van der Waals surface area contributed by atoms with E-state index in [-0.39, 0.29) is 0 Å². The van der Waals surface area contributed by atoms with Gasteiger partial charge >= 0.3 is 5.97 Å². The molecule has 1 fully saturated rings. The number of piperidine rings is 1. The Morgan fingerprint density at radius 2 is 2.06 bits per heavy atom. The fourth-order valence-corrected chi connectivity index (χ4v) is 2.69. The van der Waals surface area contributed by atoms with Crippen molar-refractivity contribution in [2.75, 3.05) is 13.1 Å². The first-order chi connectivity index (χ1) is 8.13. The van der Waals surface area contributed by atoms with Gasteiger partial charge in [-0.2, -0.15) is 0 Å². The van der Waals surface area contributed by atoms with E-state index in [1.54, 1.807) is 0 Å². The van der Waals surface area contributed by atoms with Crippen LogP contribution in [0.15, 0.2) is 0 Å². The molecule has 0 amide bonds. The van der Waals surface area contributed by atoms with Crippen molar-refractivity contribution in [1.29, 1.82) is 0 Å². The minimum atomic E-state index is -0.672. The number of carboxylic acids is 1. The predicted molar refractivity (Wildman–Crippen MR) is 70.2 cm³/mol. The SMILES string of the molecule is CCCCC1CCN(C(C)CCC(=O)O)CC1. The molecule has 1 N–H and O–H groups in total. The number of likely N-dealkylation sites (tertiary alicyclic amines) is 1. The maximum atomic E-state index is 10.5. The first kappa shape index (κ1) is 14.5. The molecule has 17 heavy (non-hydrogen) atoms. The number of aliphatic carboxylic acids is 1. The number of carbonyl (C=O) groups is 1. The third kappa shape index (κ3) is 5.53. The molecule has 0 bridgehead atoms. The molecule has 1 atom stereocenters. The molecule has 1 rings (SSSR count). The molecule has 1 heterocycles. The van der Waals surface area contributed by atoms with Crippen LogP contribution in [0.5, 0.6) is 0 Å². The molecule has 1 saturated heterocycles. The zero-order valence-electron chi connectivity index (χ0n) is 11.3. The van der Waals surface area contributed by atoms with Crippen LogP contribution in [-0.4, -0.2) is 35.1 Å². The lowest BCUT2D eigenvalue weighted by Gasteiger charge is -2.36. The largest absolute Gasteiger partial charge is 0.481 e. The summed E-state index contributed by atoms with van der Waals surface area (Å²) in [5.41, 5.74) is 0. The zero-order valence-corrected chi connectivity index (χ0v) is 11.3. The Morgan fingerprint density at radius 3 is 2.59 bits per heavy atom. The Balaban J connectivity index is 2.19. The van der Waals surface area contributed by atoms with Gasteiger partial charge in [0.05, 0.1) is 0 Å². The summed E-state index contributed by atoms with van der Waals surface area (Å²) in [6.07, 6.45) is 7.74. The molecule has 1 unspecified atom stereocenters. The Kier molecular flexibility index (Phi) is 6.56. The highest BCUT2D eigenvalue weighted by Crippen LogP contribution is 2.24. The van der Waals surface area contributed by atoms with Gasteiger partial charge in [-0.1, -0.05) is 26.2 Å². The van der Waals surface area contributed by atoms with Crippen molar-refractivity contribution in [1.82, 2.24) is 4.90 Å². The maximum Gasteiger partial charge on any atom is 0.303 e. The molecular weight excluding hydrogens is 214 g/mol. The van der Waals surface area contributed by atoms with Gasteiger partial charge in [0.1, 0.15) is 0 Å². The second-order valence-electron chi connectivity index (χ2n) is 5.40. The average molecular weight is 241 g/mol. The van der Waals surface area contributed by atoms with Crippen molar-refractivity contribution in [3.63, 3.8) is 0 Å². The standard InChI is InChI=1S/C14H27NO2/c1-3-4-5-13-8-10-15(11-9-13)12(2)6-7-14(16)17/h12-13H,3-11H2,1-2H3,(H,16,17). The summed E-state index contributed by atoms with van der Waals surface area (Å²) in [5, 5.41) is 8.68. The third-order valence-corrected chi connectivity index (χ3v) is 4.01. The molecule has 3 nitrogen and oxygen atoms in total. The van der Waals surface area contributed by atoms with Crippen LogP contribution < -0.4 is 0 Å². The molecule has 0 radical (unpaired) electrons. The number of nitrogens with zero attached hydrogens (tertiary/aromatic N) is 1. The molecule has 3 heteroatoms. The van der Waals surface area contributed by atoms with Crippen LogP contribution in [0.4, 0.5) is 0 Å². The van der Waals surface area contributed by atoms with Crippen molar-refractivity contribution in [3.05, 3.63) is 0 Å². The van der Waals surface area contributed by atoms with Crippen LogP contribution >= 0.6 is 0 Å². The summed E-state index contributed by atoms with van der Waals surface area (Å²) >= 11 is 0. The third-order valence-electron chi connectivity index (χ3n) is 4.01. The summed E-state index contributed by atoms with van der Waals surface area (Å²) in [6, 6.07) is 0.429. The summed E-state index contributed by atoms with van der Waals surface area (Å²) in [7, 11) is 0. The number of rotatable bonds is 7. The highest BCUT2D eigenvalue weighted by Gasteiger charge is 2.22. The fraction of sp³-hybridized carbons (Fsp3) is 0.929. The Labute approximate surface area is 105 Å². The van der Waals surface area contributed by atoms with E-state index in [4.69, 9.17) is 5.11 Å². The summed E-state index contributed by atoms with van der Waals surface area (Å²) in [4.78, 5) is 13.0. The molecule has 1 aliphatic rings. The minimum absolute atomic E-state index is 0.303. The van der Waals surface area contributed by atoms with Gasteiger partial charge in [-0.25, -0.2) is 0 Å². The second kappa shape index (κ2) is 7.70. The lowest BCUT2D eigenvalue weighted by atomic mass is 9.91. The van der Waals surface area contributed by atoms with Crippen LogP contribution in [0, 0.1) is 5.92 Å². The van der Waals surface area contributed by atoms with Crippen molar-refractivity contribution in [2.45, 2.75) is 64.8 Å². The normalized spacial score (nSPS) is 20.4. The van der Waals surface area contributed by atoms with Crippen molar-refractivity contribution < 1.29 is 9.90 Å². The highest BCUT2D eigenvalue weighted by atomic mass is 16.4. The van der Waals surface area contributed by atoms with E-state index in [1.807, 2.05) is 0 Å². The molecule has 100 valence electrons. The molecular formula is C14H27NO2. The van der Waals surface area contributed by atoms with Crippen LogP contribution in [-0.2, 0) is 4.79 Å². The Bertz CT molecular complexity index is 222. The van der Waals surface area contributed by atoms with Crippen LogP contribution in [0.3, 0.4) is 0 Å². The lowest BCUT2D eigenvalue weighted by Crippen LogP contribution is -2.40. The van der Waals surface area contributed by atoms with Crippen molar-refractivity contribution in [3.8, 4) is 0 Å². The van der Waals surface area contributed by atoms with Gasteiger partial charge in [-0.3, -0.25) is 4.79 Å². The summed E-state index contributed by atoms with van der Waals surface area (Å²) < 4.78 is 0. The van der Waals surface area contributed by atoms with Gasteiger partial charge in [0.2, 0.25) is 0 Å². The smallest absolute Gasteiger partial charge is 0.303 e. The van der Waals surface area contributed by atoms with E-state index in [1.165, 1.54) is 32.1 Å². The van der Waals surface area contributed by atoms with Gasteiger partial charge in [-0.15, -0.1) is 0 Å². The summed E-state index contributed by atoms with van der Waals surface area (Å²) in [5.74, 6) is 0.243. The first-order valence-electron chi connectivity index (χ1n) is 7.09. The van der Waals surface area contributed by atoms with Crippen molar-refractivity contribution in [2.24, 2.45) is 5.92 Å². The van der Waals surface area contributed by atoms with E-state index in [2.05, 4.69) is 18.7 Å². The Hall–Kier alpha value is -0.570. The quantitative estimate of drug-likeness (QED) is 0.744. The number of hydrogen-bond donors (Lipinski definition) is 1. The first-order valence-corrected chi connectivity index (χ1v) is 7.09. The lowest BCUT2D eigenvalue weighted by molar-refractivity contribution is -0.137. The molecule has 0 saturated carbocycles. The number of hydrogen-bond acceptors (Lipinski definition) is 2. The van der Waals surface area contributed by atoms with Gasteiger partial charge in [0.15, 0.2) is 0 Å². The predicted octanol–water partition coefficient (Wildman–Crippen LogP) is 3.14. The maximum absolute atomic E-state index is 10.5. The van der Waals surface area contributed by atoms with E-state index in [0.29, 0.717) is 12.5 Å². The molecule has 0 aliphatic carbocycles. The molecule has 1 aliphatic heterocycles. The van der Waals surface area contributed by atoms with E-state index >= 15 is 0 Å². The number of carboxylic acid groups (broad SMARTS) is 1. The number of unbranched alkanes of at least 4 members (excludes halogenated alkanes) is 1. The monoisotopic (exact) mass is 241 g/mol. The van der Waals surface area contributed by atoms with E-state index in [9.17, 15) is 4.79 Å². The minimum Gasteiger partial charge on any atom is -0.481 e. The molecule has 0 aromatic rings. The van der Waals surface area contributed by atoms with E-state index in [0.717, 1.165) is 25.4 Å². The van der Waals surface area contributed by atoms with Crippen LogP contribution in [0.25, 0.3) is 0 Å². The fourth-order valence-electron chi connectivity index (χ4n) is 2.69. The average Bonchev–Trinajstić information content (AvgIpc) is 2.34. The van der Waals surface area contributed by atoms with Gasteiger partial charge in [0.25, 0.3) is 0 Å². The van der Waals surface area contributed by atoms with E-state index < -0.39 is 5.97 Å². The topological polar surface area (TPSA) is 40.5 Å². The molecule has 0 aromatic carbocycles. The van der Waals surface area contributed by atoms with Crippen LogP contribution in [0.2, 0.25) is 0 Å².